The van der Waals surface area contributed by atoms with Gasteiger partial charge in [0.15, 0.2) is 0 Å². The van der Waals surface area contributed by atoms with Crippen molar-refractivity contribution < 1.29 is 13.9 Å². The van der Waals surface area contributed by atoms with Crippen molar-refractivity contribution in [2.45, 2.75) is 26.9 Å². The van der Waals surface area contributed by atoms with Gasteiger partial charge < -0.3 is 19.5 Å². The van der Waals surface area contributed by atoms with Crippen LogP contribution in [0.2, 0.25) is 0 Å². The number of benzene rings is 1. The third kappa shape index (κ3) is 3.86. The van der Waals surface area contributed by atoms with E-state index in [0.29, 0.717) is 25.5 Å². The van der Waals surface area contributed by atoms with E-state index >= 15 is 0 Å². The number of amides is 1. The van der Waals surface area contributed by atoms with Crippen LogP contribution in [0.5, 0.6) is 0 Å². The van der Waals surface area contributed by atoms with Crippen molar-refractivity contribution in [2.75, 3.05) is 13.2 Å². The van der Waals surface area contributed by atoms with E-state index in [1.165, 1.54) is 11.1 Å². The average molecular weight is 326 g/mol. The molecule has 1 amide bonds. The van der Waals surface area contributed by atoms with Crippen molar-refractivity contribution in [3.8, 4) is 0 Å². The van der Waals surface area contributed by atoms with E-state index in [-0.39, 0.29) is 5.91 Å². The highest BCUT2D eigenvalue weighted by molar-refractivity contribution is 5.98. The molecule has 1 aromatic carbocycles. The van der Waals surface area contributed by atoms with Gasteiger partial charge in [-0.25, -0.2) is 0 Å². The van der Waals surface area contributed by atoms with Gasteiger partial charge in [0.2, 0.25) is 0 Å². The van der Waals surface area contributed by atoms with Gasteiger partial charge in [-0.05, 0) is 55.7 Å². The summed E-state index contributed by atoms with van der Waals surface area (Å²) >= 11 is 0. The number of aromatic amines is 1. The number of carbonyl (C=O) groups excluding carboxylic acids is 1. The summed E-state index contributed by atoms with van der Waals surface area (Å²) in [5.41, 5.74) is 3.95. The first-order valence-corrected chi connectivity index (χ1v) is 8.12. The molecule has 0 spiro atoms. The van der Waals surface area contributed by atoms with Crippen LogP contribution in [0, 0.1) is 13.8 Å². The summed E-state index contributed by atoms with van der Waals surface area (Å²) in [5, 5.41) is 4.00. The fraction of sp³-hybridized carbons (Fsp3) is 0.316. The molecule has 126 valence electrons. The zero-order valence-electron chi connectivity index (χ0n) is 14.0. The molecule has 0 aliphatic carbocycles. The standard InChI is InChI=1S/C19H22N2O3/c1-13-9-14(2)16-11-18(21-17(16)10-13)19(22)20-6-4-7-23-12-15-5-3-8-24-15/h3,5,8-11,21H,4,6-7,12H2,1-2H3,(H,20,22). The third-order valence-electron chi connectivity index (χ3n) is 3.91. The van der Waals surface area contributed by atoms with Crippen LogP contribution in [-0.4, -0.2) is 24.0 Å². The summed E-state index contributed by atoms with van der Waals surface area (Å²) in [5.74, 6) is 0.720. The first-order valence-electron chi connectivity index (χ1n) is 8.12. The number of aromatic nitrogens is 1. The van der Waals surface area contributed by atoms with Crippen molar-refractivity contribution in [3.05, 3.63) is 59.2 Å². The molecular formula is C19H22N2O3. The van der Waals surface area contributed by atoms with Gasteiger partial charge in [0, 0.05) is 24.1 Å². The number of H-pyrrole nitrogens is 1. The highest BCUT2D eigenvalue weighted by atomic mass is 16.5. The minimum Gasteiger partial charge on any atom is -0.467 e. The molecular weight excluding hydrogens is 304 g/mol. The summed E-state index contributed by atoms with van der Waals surface area (Å²) in [7, 11) is 0. The summed E-state index contributed by atoms with van der Waals surface area (Å²) in [4.78, 5) is 15.4. The molecule has 5 heteroatoms. The number of rotatable bonds is 7. The number of carbonyl (C=O) groups is 1. The fourth-order valence-corrected chi connectivity index (χ4v) is 2.76. The van der Waals surface area contributed by atoms with Crippen LogP contribution in [0.4, 0.5) is 0 Å². The Labute approximate surface area is 141 Å². The zero-order valence-corrected chi connectivity index (χ0v) is 14.0. The van der Waals surface area contributed by atoms with Gasteiger partial charge in [-0.2, -0.15) is 0 Å². The lowest BCUT2D eigenvalue weighted by Crippen LogP contribution is -2.25. The molecule has 24 heavy (non-hydrogen) atoms. The average Bonchev–Trinajstić information content (AvgIpc) is 3.19. The minimum absolute atomic E-state index is 0.0886. The van der Waals surface area contributed by atoms with Gasteiger partial charge in [-0.15, -0.1) is 0 Å². The van der Waals surface area contributed by atoms with Crippen LogP contribution in [-0.2, 0) is 11.3 Å². The number of ether oxygens (including phenoxy) is 1. The SMILES string of the molecule is Cc1cc(C)c2cc(C(=O)NCCCOCc3ccco3)[nH]c2c1. The Balaban J connectivity index is 1.46. The second kappa shape index (κ2) is 7.36. The molecule has 3 aromatic rings. The summed E-state index contributed by atoms with van der Waals surface area (Å²) in [6.45, 7) is 5.72. The minimum atomic E-state index is -0.0886. The van der Waals surface area contributed by atoms with Crippen molar-refractivity contribution in [1.29, 1.82) is 0 Å². The monoisotopic (exact) mass is 326 g/mol. The van der Waals surface area contributed by atoms with E-state index in [1.54, 1.807) is 6.26 Å². The second-order valence-corrected chi connectivity index (χ2v) is 5.97. The normalized spacial score (nSPS) is 11.1. The number of hydrogen-bond acceptors (Lipinski definition) is 3. The molecule has 0 bridgehead atoms. The zero-order chi connectivity index (χ0) is 16.9. The van der Waals surface area contributed by atoms with Crippen molar-refractivity contribution >= 4 is 16.8 Å². The van der Waals surface area contributed by atoms with Crippen molar-refractivity contribution in [2.24, 2.45) is 0 Å². The van der Waals surface area contributed by atoms with Gasteiger partial charge in [-0.1, -0.05) is 6.07 Å². The Morgan fingerprint density at radius 1 is 1.29 bits per heavy atom. The van der Waals surface area contributed by atoms with E-state index < -0.39 is 0 Å². The van der Waals surface area contributed by atoms with Gasteiger partial charge in [-0.3, -0.25) is 4.79 Å². The molecule has 0 saturated carbocycles. The Morgan fingerprint density at radius 3 is 2.96 bits per heavy atom. The lowest BCUT2D eigenvalue weighted by atomic mass is 10.1. The molecule has 2 N–H and O–H groups in total. The van der Waals surface area contributed by atoms with Gasteiger partial charge in [0.25, 0.3) is 5.91 Å². The Bertz CT molecular complexity index is 819. The quantitative estimate of drug-likeness (QED) is 0.650. The van der Waals surface area contributed by atoms with Gasteiger partial charge in [0.05, 0.1) is 6.26 Å². The van der Waals surface area contributed by atoms with Crippen molar-refractivity contribution in [1.82, 2.24) is 10.3 Å². The van der Waals surface area contributed by atoms with Gasteiger partial charge in [0.1, 0.15) is 18.1 Å². The topological polar surface area (TPSA) is 67.3 Å². The molecule has 0 fully saturated rings. The third-order valence-corrected chi connectivity index (χ3v) is 3.91. The number of aryl methyl sites for hydroxylation is 2. The lowest BCUT2D eigenvalue weighted by molar-refractivity contribution is 0.0913. The molecule has 0 saturated heterocycles. The summed E-state index contributed by atoms with van der Waals surface area (Å²) < 4.78 is 10.7. The van der Waals surface area contributed by atoms with E-state index in [2.05, 4.69) is 36.3 Å². The molecule has 0 unspecified atom stereocenters. The molecule has 0 radical (unpaired) electrons. The van der Waals surface area contributed by atoms with Crippen LogP contribution in [0.3, 0.4) is 0 Å². The fourth-order valence-electron chi connectivity index (χ4n) is 2.76. The van der Waals surface area contributed by atoms with Crippen LogP contribution >= 0.6 is 0 Å². The van der Waals surface area contributed by atoms with Crippen LogP contribution < -0.4 is 5.32 Å². The van der Waals surface area contributed by atoms with Crippen LogP contribution in [0.15, 0.2) is 41.0 Å². The Hall–Kier alpha value is -2.53. The lowest BCUT2D eigenvalue weighted by Gasteiger charge is -2.04. The van der Waals surface area contributed by atoms with E-state index in [9.17, 15) is 4.79 Å². The molecule has 5 nitrogen and oxygen atoms in total. The predicted molar refractivity (Wildman–Crippen MR) is 93.1 cm³/mol. The molecule has 0 aliphatic rings. The molecule has 3 rings (SSSR count). The first-order chi connectivity index (χ1) is 11.6. The number of furan rings is 1. The van der Waals surface area contributed by atoms with E-state index in [4.69, 9.17) is 9.15 Å². The Morgan fingerprint density at radius 2 is 2.17 bits per heavy atom. The number of hydrogen-bond donors (Lipinski definition) is 2. The molecule has 2 aromatic heterocycles. The predicted octanol–water partition coefficient (Wildman–Crippen LogP) is 3.71. The highest BCUT2D eigenvalue weighted by Crippen LogP contribution is 2.21. The number of nitrogens with one attached hydrogen (secondary N) is 2. The molecule has 0 atom stereocenters. The molecule has 0 aliphatic heterocycles. The van der Waals surface area contributed by atoms with Crippen molar-refractivity contribution in [3.63, 3.8) is 0 Å². The number of fused-ring (bicyclic) bond motifs is 1. The maximum atomic E-state index is 12.2. The second-order valence-electron chi connectivity index (χ2n) is 5.97. The summed E-state index contributed by atoms with van der Waals surface area (Å²) in [6, 6.07) is 9.80. The maximum Gasteiger partial charge on any atom is 0.267 e. The highest BCUT2D eigenvalue weighted by Gasteiger charge is 2.10. The molecule has 2 heterocycles. The summed E-state index contributed by atoms with van der Waals surface area (Å²) in [6.07, 6.45) is 2.38. The first kappa shape index (κ1) is 16.3. The Kier molecular flexibility index (Phi) is 5.01. The van der Waals surface area contributed by atoms with Crippen LogP contribution in [0.1, 0.15) is 33.8 Å². The largest absolute Gasteiger partial charge is 0.467 e. The van der Waals surface area contributed by atoms with E-state index in [0.717, 1.165) is 23.1 Å². The smallest absolute Gasteiger partial charge is 0.267 e. The van der Waals surface area contributed by atoms with Crippen LogP contribution in [0.25, 0.3) is 10.9 Å². The van der Waals surface area contributed by atoms with E-state index in [1.807, 2.05) is 18.2 Å². The maximum absolute atomic E-state index is 12.2. The van der Waals surface area contributed by atoms with Gasteiger partial charge >= 0.3 is 0 Å².